The predicted molar refractivity (Wildman–Crippen MR) is 77.7 cm³/mol. The van der Waals surface area contributed by atoms with Gasteiger partial charge in [0, 0.05) is 18.2 Å². The number of benzene rings is 1. The first-order chi connectivity index (χ1) is 10.0. The fraction of sp³-hybridized carbons (Fsp3) is 0.533. The molecule has 116 valence electrons. The molecular weight excluding hydrogens is 273 g/mol. The summed E-state index contributed by atoms with van der Waals surface area (Å²) < 4.78 is 19.5. The molecule has 1 aliphatic heterocycles. The molecule has 1 saturated heterocycles. The molecule has 3 atom stereocenters. The zero-order valence-electron chi connectivity index (χ0n) is 12.4. The van der Waals surface area contributed by atoms with Gasteiger partial charge in [-0.25, -0.2) is 10.2 Å². The Morgan fingerprint density at radius 2 is 2.24 bits per heavy atom. The molecule has 2 rings (SSSR count). The van der Waals surface area contributed by atoms with E-state index in [1.54, 1.807) is 12.1 Å². The Bertz CT molecular complexity index is 498. The number of likely N-dealkylation sites (N-methyl/N-ethyl adjacent to an activating group) is 1. The fourth-order valence-electron chi connectivity index (χ4n) is 2.66. The third-order valence-electron chi connectivity index (χ3n) is 4.05. The van der Waals surface area contributed by atoms with Crippen molar-refractivity contribution in [3.05, 3.63) is 35.6 Å². The van der Waals surface area contributed by atoms with E-state index < -0.39 is 6.10 Å². The van der Waals surface area contributed by atoms with Crippen LogP contribution in [0.1, 0.15) is 31.4 Å². The summed E-state index contributed by atoms with van der Waals surface area (Å²) in [4.78, 5) is 13.5. The molecule has 0 spiro atoms. The van der Waals surface area contributed by atoms with Crippen LogP contribution in [0.15, 0.2) is 24.3 Å². The highest BCUT2D eigenvalue weighted by molar-refractivity contribution is 5.80. The summed E-state index contributed by atoms with van der Waals surface area (Å²) in [5.41, 5.74) is 2.77. The second-order valence-corrected chi connectivity index (χ2v) is 5.47. The molecule has 0 saturated carbocycles. The number of nitrogens with two attached hydrogens (primary N) is 1. The lowest BCUT2D eigenvalue weighted by Gasteiger charge is -2.28. The summed E-state index contributed by atoms with van der Waals surface area (Å²) in [6, 6.07) is 6.71. The number of ether oxygens (including phenoxy) is 1. The number of carbonyl (C=O) groups is 1. The number of rotatable bonds is 5. The van der Waals surface area contributed by atoms with Crippen molar-refractivity contribution < 1.29 is 13.9 Å². The van der Waals surface area contributed by atoms with Gasteiger partial charge in [0.1, 0.15) is 11.9 Å². The fourth-order valence-corrected chi connectivity index (χ4v) is 2.66. The Hall–Kier alpha value is -1.50. The van der Waals surface area contributed by atoms with Crippen molar-refractivity contribution in [1.82, 2.24) is 10.3 Å². The van der Waals surface area contributed by atoms with Crippen LogP contribution in [0.3, 0.4) is 0 Å². The Morgan fingerprint density at radius 3 is 2.90 bits per heavy atom. The lowest BCUT2D eigenvalue weighted by atomic mass is 10.1. The third kappa shape index (κ3) is 3.78. The number of nitrogens with one attached hydrogen (secondary N) is 1. The minimum absolute atomic E-state index is 0.0356. The predicted octanol–water partition coefficient (Wildman–Crippen LogP) is 1.36. The molecule has 21 heavy (non-hydrogen) atoms. The molecule has 3 unspecified atom stereocenters. The molecule has 1 heterocycles. The van der Waals surface area contributed by atoms with Crippen molar-refractivity contribution in [1.29, 1.82) is 0 Å². The molecule has 0 aliphatic carbocycles. The highest BCUT2D eigenvalue weighted by atomic mass is 19.1. The molecule has 0 bridgehead atoms. The average Bonchev–Trinajstić information content (AvgIpc) is 2.94. The molecular formula is C15H22FN3O2. The molecule has 0 radical (unpaired) electrons. The number of halogens is 1. The maximum atomic E-state index is 13.8. The van der Waals surface area contributed by atoms with Crippen molar-refractivity contribution in [3.8, 4) is 0 Å². The molecule has 1 aromatic rings. The Balaban J connectivity index is 1.92. The minimum Gasteiger partial charge on any atom is -0.364 e. The summed E-state index contributed by atoms with van der Waals surface area (Å²) in [6.45, 7) is 2.60. The zero-order valence-corrected chi connectivity index (χ0v) is 12.4. The summed E-state index contributed by atoms with van der Waals surface area (Å²) in [7, 11) is 1.93. The van der Waals surface area contributed by atoms with Crippen LogP contribution < -0.4 is 11.3 Å². The van der Waals surface area contributed by atoms with Gasteiger partial charge in [-0.1, -0.05) is 18.2 Å². The molecule has 5 nitrogen and oxygen atoms in total. The summed E-state index contributed by atoms with van der Waals surface area (Å²) in [5.74, 6) is 4.61. The van der Waals surface area contributed by atoms with Crippen LogP contribution in [0.5, 0.6) is 0 Å². The highest BCUT2D eigenvalue weighted by Crippen LogP contribution is 2.25. The first-order valence-corrected chi connectivity index (χ1v) is 7.13. The van der Waals surface area contributed by atoms with E-state index in [2.05, 4.69) is 5.43 Å². The van der Waals surface area contributed by atoms with Gasteiger partial charge in [0.25, 0.3) is 5.91 Å². The van der Waals surface area contributed by atoms with Crippen LogP contribution >= 0.6 is 0 Å². The van der Waals surface area contributed by atoms with Crippen LogP contribution in [0.4, 0.5) is 4.39 Å². The topological polar surface area (TPSA) is 67.6 Å². The second kappa shape index (κ2) is 6.98. The largest absolute Gasteiger partial charge is 0.364 e. The van der Waals surface area contributed by atoms with Crippen LogP contribution in [0.2, 0.25) is 0 Å². The molecule has 6 heteroatoms. The molecule has 1 fully saturated rings. The molecule has 3 N–H and O–H groups in total. The van der Waals surface area contributed by atoms with E-state index in [4.69, 9.17) is 10.6 Å². The number of carbonyl (C=O) groups excluding carboxylic acids is 1. The molecule has 0 aromatic heterocycles. The summed E-state index contributed by atoms with van der Waals surface area (Å²) >= 11 is 0. The van der Waals surface area contributed by atoms with E-state index in [-0.39, 0.29) is 23.9 Å². The first kappa shape index (κ1) is 15.9. The van der Waals surface area contributed by atoms with Gasteiger partial charge in [-0.05, 0) is 32.9 Å². The van der Waals surface area contributed by atoms with E-state index in [1.807, 2.05) is 24.9 Å². The molecule has 1 amide bonds. The van der Waals surface area contributed by atoms with Gasteiger partial charge in [-0.15, -0.1) is 0 Å². The average molecular weight is 295 g/mol. The van der Waals surface area contributed by atoms with Crippen LogP contribution in [0, 0.1) is 5.82 Å². The van der Waals surface area contributed by atoms with Gasteiger partial charge in [-0.2, -0.15) is 0 Å². The number of amides is 1. The van der Waals surface area contributed by atoms with Crippen LogP contribution in [0.25, 0.3) is 0 Å². The van der Waals surface area contributed by atoms with Crippen LogP contribution in [-0.4, -0.2) is 36.6 Å². The van der Waals surface area contributed by atoms with Gasteiger partial charge in [-0.3, -0.25) is 15.1 Å². The first-order valence-electron chi connectivity index (χ1n) is 7.13. The van der Waals surface area contributed by atoms with E-state index in [1.165, 1.54) is 6.07 Å². The molecule has 1 aliphatic rings. The zero-order chi connectivity index (χ0) is 15.4. The quantitative estimate of drug-likeness (QED) is 0.489. The van der Waals surface area contributed by atoms with E-state index in [0.717, 1.165) is 6.42 Å². The normalized spacial score (nSPS) is 23.3. The van der Waals surface area contributed by atoms with Gasteiger partial charge in [0.15, 0.2) is 0 Å². The third-order valence-corrected chi connectivity index (χ3v) is 4.05. The maximum absolute atomic E-state index is 13.8. The van der Waals surface area contributed by atoms with Crippen LogP contribution in [-0.2, 0) is 9.53 Å². The Morgan fingerprint density at radius 1 is 1.52 bits per heavy atom. The van der Waals surface area contributed by atoms with Crippen molar-refractivity contribution in [2.24, 2.45) is 5.84 Å². The Labute approximate surface area is 124 Å². The van der Waals surface area contributed by atoms with E-state index >= 15 is 0 Å². The van der Waals surface area contributed by atoms with E-state index in [0.29, 0.717) is 18.5 Å². The monoisotopic (exact) mass is 295 g/mol. The Kier molecular flexibility index (Phi) is 5.27. The summed E-state index contributed by atoms with van der Waals surface area (Å²) in [5, 5.41) is 0. The lowest BCUT2D eigenvalue weighted by molar-refractivity contribution is -0.132. The van der Waals surface area contributed by atoms with Crippen molar-refractivity contribution in [3.63, 3.8) is 0 Å². The van der Waals surface area contributed by atoms with Gasteiger partial charge in [0.2, 0.25) is 0 Å². The van der Waals surface area contributed by atoms with Gasteiger partial charge < -0.3 is 4.74 Å². The number of hydrogen-bond acceptors (Lipinski definition) is 4. The van der Waals surface area contributed by atoms with Crippen molar-refractivity contribution in [2.75, 3.05) is 13.6 Å². The SMILES string of the molecule is CC(c1ccccc1F)N(C)CC1CCC(C(=O)NN)O1. The smallest absolute Gasteiger partial charge is 0.263 e. The van der Waals surface area contributed by atoms with Crippen molar-refractivity contribution >= 4 is 5.91 Å². The maximum Gasteiger partial charge on any atom is 0.263 e. The molecule has 1 aromatic carbocycles. The second-order valence-electron chi connectivity index (χ2n) is 5.47. The van der Waals surface area contributed by atoms with Gasteiger partial charge in [0.05, 0.1) is 6.10 Å². The van der Waals surface area contributed by atoms with Gasteiger partial charge >= 0.3 is 0 Å². The number of nitrogens with zero attached hydrogens (tertiary/aromatic N) is 1. The summed E-state index contributed by atoms with van der Waals surface area (Å²) in [6.07, 6.45) is 0.950. The minimum atomic E-state index is -0.475. The van der Waals surface area contributed by atoms with Crippen molar-refractivity contribution in [2.45, 2.75) is 38.0 Å². The van der Waals surface area contributed by atoms with E-state index in [9.17, 15) is 9.18 Å². The standard InChI is InChI=1S/C15H22FN3O2/c1-10(12-5-3-4-6-13(12)16)19(2)9-11-7-8-14(21-11)15(20)18-17/h3-6,10-11,14H,7-9,17H2,1-2H3,(H,18,20). The highest BCUT2D eigenvalue weighted by Gasteiger charge is 2.31. The lowest BCUT2D eigenvalue weighted by Crippen LogP contribution is -2.40. The number of hydrogen-bond donors (Lipinski definition) is 2. The number of hydrazine groups is 1.